The summed E-state index contributed by atoms with van der Waals surface area (Å²) in [6.45, 7) is 1.43. The second-order valence-electron chi connectivity index (χ2n) is 4.98. The fourth-order valence-corrected chi connectivity index (χ4v) is 2.70. The van der Waals surface area contributed by atoms with Crippen LogP contribution in [0.1, 0.15) is 17.3 Å². The summed E-state index contributed by atoms with van der Waals surface area (Å²) >= 11 is 17.8. The molecule has 0 aliphatic carbocycles. The fourth-order valence-electron chi connectivity index (χ4n) is 1.98. The number of amides is 1. The molecule has 0 bridgehead atoms. The maximum absolute atomic E-state index is 12.3. The molecule has 2 aromatic rings. The maximum Gasteiger partial charge on any atom is 0.341 e. The molecule has 1 atom stereocenters. The molecule has 0 spiro atoms. The lowest BCUT2D eigenvalue weighted by atomic mass is 10.2. The number of carbonyl (C=O) groups is 2. The van der Waals surface area contributed by atoms with Crippen molar-refractivity contribution in [2.45, 2.75) is 13.0 Å². The number of ether oxygens (including phenoxy) is 2. The molecule has 132 valence electrons. The van der Waals surface area contributed by atoms with Gasteiger partial charge in [-0.05, 0) is 37.3 Å². The summed E-state index contributed by atoms with van der Waals surface area (Å²) in [7, 11) is 1.46. The van der Waals surface area contributed by atoms with Gasteiger partial charge in [-0.3, -0.25) is 4.79 Å². The first-order valence-corrected chi connectivity index (χ1v) is 8.26. The van der Waals surface area contributed by atoms with Crippen LogP contribution in [0.15, 0.2) is 36.4 Å². The van der Waals surface area contributed by atoms with Gasteiger partial charge in [0.1, 0.15) is 5.75 Å². The molecule has 0 aliphatic rings. The number of hydrogen-bond donors (Lipinski definition) is 1. The Hall–Kier alpha value is -1.95. The number of esters is 1. The summed E-state index contributed by atoms with van der Waals surface area (Å²) in [4.78, 5) is 24.5. The average Bonchev–Trinajstić information content (AvgIpc) is 2.54. The van der Waals surface area contributed by atoms with Crippen molar-refractivity contribution in [3.63, 3.8) is 0 Å². The maximum atomic E-state index is 12.3. The zero-order chi connectivity index (χ0) is 18.6. The molecule has 0 saturated heterocycles. The van der Waals surface area contributed by atoms with Gasteiger partial charge in [-0.25, -0.2) is 4.79 Å². The van der Waals surface area contributed by atoms with E-state index in [9.17, 15) is 9.59 Å². The molecule has 1 amide bonds. The van der Waals surface area contributed by atoms with Gasteiger partial charge in [0.2, 0.25) is 0 Å². The van der Waals surface area contributed by atoms with E-state index in [0.717, 1.165) is 0 Å². The monoisotopic (exact) mass is 401 g/mol. The van der Waals surface area contributed by atoms with Crippen LogP contribution in [-0.4, -0.2) is 25.1 Å². The fraction of sp³-hybridized carbons (Fsp3) is 0.176. The van der Waals surface area contributed by atoms with Crippen molar-refractivity contribution >= 4 is 52.4 Å². The zero-order valence-electron chi connectivity index (χ0n) is 13.3. The number of methoxy groups -OCH3 is 1. The number of hydrogen-bond acceptors (Lipinski definition) is 4. The Morgan fingerprint density at radius 3 is 2.32 bits per heavy atom. The minimum atomic E-state index is -1.09. The van der Waals surface area contributed by atoms with E-state index in [0.29, 0.717) is 16.5 Å². The number of rotatable bonds is 5. The second-order valence-corrected chi connectivity index (χ2v) is 6.23. The Morgan fingerprint density at radius 1 is 1.08 bits per heavy atom. The number of halogens is 3. The van der Waals surface area contributed by atoms with Gasteiger partial charge in [-0.2, -0.15) is 0 Å². The van der Waals surface area contributed by atoms with Crippen LogP contribution >= 0.6 is 34.8 Å². The van der Waals surface area contributed by atoms with Crippen molar-refractivity contribution < 1.29 is 19.1 Å². The van der Waals surface area contributed by atoms with Crippen molar-refractivity contribution in [3.05, 3.63) is 57.0 Å². The van der Waals surface area contributed by atoms with E-state index in [1.807, 2.05) is 0 Å². The highest BCUT2D eigenvalue weighted by Crippen LogP contribution is 2.28. The third-order valence-electron chi connectivity index (χ3n) is 3.24. The summed E-state index contributed by atoms with van der Waals surface area (Å²) in [6.07, 6.45) is -1.09. The molecule has 0 aliphatic heterocycles. The van der Waals surface area contributed by atoms with Crippen LogP contribution in [0.5, 0.6) is 5.75 Å². The molecule has 0 radical (unpaired) electrons. The predicted molar refractivity (Wildman–Crippen MR) is 98.0 cm³/mol. The number of benzene rings is 2. The first-order chi connectivity index (χ1) is 11.8. The molecule has 0 heterocycles. The Labute approximate surface area is 159 Å². The molecule has 0 fully saturated rings. The van der Waals surface area contributed by atoms with Crippen LogP contribution in [0.2, 0.25) is 15.1 Å². The molecular formula is C17H14Cl3NO4. The third-order valence-corrected chi connectivity index (χ3v) is 4.10. The van der Waals surface area contributed by atoms with Crippen molar-refractivity contribution in [2.24, 2.45) is 0 Å². The SMILES string of the molecule is COc1ccc(Cl)cc1NC(=O)[C@H](C)OC(=O)c1c(Cl)cccc1Cl. The van der Waals surface area contributed by atoms with Crippen LogP contribution in [0.25, 0.3) is 0 Å². The highest BCUT2D eigenvalue weighted by molar-refractivity contribution is 6.39. The quantitative estimate of drug-likeness (QED) is 0.727. The zero-order valence-corrected chi connectivity index (χ0v) is 15.6. The van der Waals surface area contributed by atoms with Gasteiger partial charge in [0.15, 0.2) is 6.10 Å². The number of carbonyl (C=O) groups excluding carboxylic acids is 2. The van der Waals surface area contributed by atoms with E-state index < -0.39 is 18.0 Å². The number of anilines is 1. The highest BCUT2D eigenvalue weighted by atomic mass is 35.5. The minimum absolute atomic E-state index is 0.00539. The molecule has 0 aromatic heterocycles. The molecule has 0 saturated carbocycles. The lowest BCUT2D eigenvalue weighted by Crippen LogP contribution is -2.30. The summed E-state index contributed by atoms with van der Waals surface area (Å²) in [5, 5.41) is 3.30. The van der Waals surface area contributed by atoms with E-state index in [1.165, 1.54) is 32.2 Å². The Bertz CT molecular complexity index is 790. The normalized spacial score (nSPS) is 11.6. The summed E-state index contributed by atoms with van der Waals surface area (Å²) in [6, 6.07) is 9.37. The van der Waals surface area contributed by atoms with E-state index in [-0.39, 0.29) is 15.6 Å². The summed E-state index contributed by atoms with van der Waals surface area (Å²) in [5.41, 5.74) is 0.365. The van der Waals surface area contributed by atoms with E-state index in [2.05, 4.69) is 5.32 Å². The first-order valence-electron chi connectivity index (χ1n) is 7.13. The van der Waals surface area contributed by atoms with Crippen LogP contribution in [0.3, 0.4) is 0 Å². The lowest BCUT2D eigenvalue weighted by molar-refractivity contribution is -0.123. The number of nitrogens with one attached hydrogen (secondary N) is 1. The lowest BCUT2D eigenvalue weighted by Gasteiger charge is -2.16. The van der Waals surface area contributed by atoms with Crippen molar-refractivity contribution in [1.82, 2.24) is 0 Å². The second kappa shape index (κ2) is 8.43. The van der Waals surface area contributed by atoms with Crippen LogP contribution in [0.4, 0.5) is 5.69 Å². The van der Waals surface area contributed by atoms with Crippen LogP contribution < -0.4 is 10.1 Å². The first kappa shape index (κ1) is 19.4. The van der Waals surface area contributed by atoms with Gasteiger partial charge in [-0.1, -0.05) is 40.9 Å². The van der Waals surface area contributed by atoms with E-state index in [1.54, 1.807) is 18.2 Å². The summed E-state index contributed by atoms with van der Waals surface area (Å²) in [5.74, 6) is -0.932. The van der Waals surface area contributed by atoms with Crippen LogP contribution in [0, 0.1) is 0 Å². The predicted octanol–water partition coefficient (Wildman–Crippen LogP) is 4.84. The molecule has 2 aromatic carbocycles. The largest absolute Gasteiger partial charge is 0.495 e. The standard InChI is InChI=1S/C17H14Cl3NO4/c1-9(25-17(23)15-11(19)4-3-5-12(15)20)16(22)21-13-8-10(18)6-7-14(13)24-2/h3-9H,1-2H3,(H,21,22)/t9-/m0/s1. The molecule has 8 heteroatoms. The molecule has 25 heavy (non-hydrogen) atoms. The van der Waals surface area contributed by atoms with Gasteiger partial charge in [0.25, 0.3) is 5.91 Å². The topological polar surface area (TPSA) is 64.6 Å². The van der Waals surface area contributed by atoms with Crippen molar-refractivity contribution in [2.75, 3.05) is 12.4 Å². The molecular weight excluding hydrogens is 389 g/mol. The Balaban J connectivity index is 2.11. The van der Waals surface area contributed by atoms with E-state index >= 15 is 0 Å². The van der Waals surface area contributed by atoms with Gasteiger partial charge in [0, 0.05) is 5.02 Å². The van der Waals surface area contributed by atoms with Gasteiger partial charge < -0.3 is 14.8 Å². The van der Waals surface area contributed by atoms with Crippen LogP contribution in [-0.2, 0) is 9.53 Å². The van der Waals surface area contributed by atoms with Gasteiger partial charge >= 0.3 is 5.97 Å². The van der Waals surface area contributed by atoms with Gasteiger partial charge in [0.05, 0.1) is 28.4 Å². The molecule has 1 N–H and O–H groups in total. The Kier molecular flexibility index (Phi) is 6.53. The van der Waals surface area contributed by atoms with E-state index in [4.69, 9.17) is 44.3 Å². The smallest absolute Gasteiger partial charge is 0.341 e. The van der Waals surface area contributed by atoms with Crippen molar-refractivity contribution in [3.8, 4) is 5.75 Å². The molecule has 5 nitrogen and oxygen atoms in total. The molecule has 0 unspecified atom stereocenters. The highest BCUT2D eigenvalue weighted by Gasteiger charge is 2.23. The van der Waals surface area contributed by atoms with Gasteiger partial charge in [-0.15, -0.1) is 0 Å². The third kappa shape index (κ3) is 4.78. The van der Waals surface area contributed by atoms with Crippen molar-refractivity contribution in [1.29, 1.82) is 0 Å². The Morgan fingerprint density at radius 2 is 1.72 bits per heavy atom. The minimum Gasteiger partial charge on any atom is -0.495 e. The average molecular weight is 403 g/mol. The molecule has 2 rings (SSSR count). The summed E-state index contributed by atoms with van der Waals surface area (Å²) < 4.78 is 10.3.